The van der Waals surface area contributed by atoms with E-state index >= 15 is 0 Å². The summed E-state index contributed by atoms with van der Waals surface area (Å²) in [6, 6.07) is 7.78. The van der Waals surface area contributed by atoms with Crippen molar-refractivity contribution in [2.45, 2.75) is 50.4 Å². The number of imide groups is 1. The first-order chi connectivity index (χ1) is 15.9. The Morgan fingerprint density at radius 2 is 2.00 bits per heavy atom. The van der Waals surface area contributed by atoms with Gasteiger partial charge in [-0.1, -0.05) is 0 Å². The number of benzene rings is 1. The zero-order valence-electron chi connectivity index (χ0n) is 17.7. The summed E-state index contributed by atoms with van der Waals surface area (Å²) in [5.41, 5.74) is 7.69. The molecule has 3 heterocycles. The maximum Gasteiger partial charge on any atom is 0.274 e. The maximum absolute atomic E-state index is 12.8. The number of pyridine rings is 1. The molecule has 1 unspecified atom stereocenters. The summed E-state index contributed by atoms with van der Waals surface area (Å²) in [6.45, 7) is 0.235. The fourth-order valence-corrected chi connectivity index (χ4v) is 4.33. The summed E-state index contributed by atoms with van der Waals surface area (Å²) in [7, 11) is 0. The van der Waals surface area contributed by atoms with Crippen LogP contribution in [-0.2, 0) is 16.1 Å². The summed E-state index contributed by atoms with van der Waals surface area (Å²) < 4.78 is 5.75. The molecule has 1 aromatic carbocycles. The SMILES string of the molecule is N[C@H]1C[C@@H](Oc2ccc(C(=O)Nc3ccc4c(c3)CN(C3CCC(=O)NC3=O)C4=O)nc2)C1. The number of carbonyl (C=O) groups is 4. The Labute approximate surface area is 189 Å². The molecule has 2 aliphatic heterocycles. The first-order valence-corrected chi connectivity index (χ1v) is 10.8. The molecule has 33 heavy (non-hydrogen) atoms. The van der Waals surface area contributed by atoms with E-state index in [9.17, 15) is 19.2 Å². The Morgan fingerprint density at radius 1 is 1.18 bits per heavy atom. The Balaban J connectivity index is 1.23. The first kappa shape index (κ1) is 21.1. The zero-order valence-corrected chi connectivity index (χ0v) is 17.7. The predicted molar refractivity (Wildman–Crippen MR) is 116 cm³/mol. The number of piperidine rings is 1. The Morgan fingerprint density at radius 3 is 2.70 bits per heavy atom. The van der Waals surface area contributed by atoms with Crippen LogP contribution in [0.3, 0.4) is 0 Å². The molecule has 3 aliphatic rings. The summed E-state index contributed by atoms with van der Waals surface area (Å²) in [5.74, 6) is -0.848. The van der Waals surface area contributed by atoms with Gasteiger partial charge in [0.25, 0.3) is 11.8 Å². The van der Waals surface area contributed by atoms with E-state index in [1.165, 1.54) is 11.1 Å². The fourth-order valence-electron chi connectivity index (χ4n) is 4.33. The second-order valence-electron chi connectivity index (χ2n) is 8.58. The smallest absolute Gasteiger partial charge is 0.274 e. The second kappa shape index (κ2) is 8.28. The lowest BCUT2D eigenvalue weighted by molar-refractivity contribution is -0.136. The molecule has 1 aliphatic carbocycles. The molecule has 10 nitrogen and oxygen atoms in total. The number of amides is 4. The minimum absolute atomic E-state index is 0.0929. The van der Waals surface area contributed by atoms with E-state index < -0.39 is 17.9 Å². The van der Waals surface area contributed by atoms with Crippen LogP contribution in [0.5, 0.6) is 5.75 Å². The van der Waals surface area contributed by atoms with Crippen molar-refractivity contribution in [3.63, 3.8) is 0 Å². The molecule has 1 saturated carbocycles. The summed E-state index contributed by atoms with van der Waals surface area (Å²) in [5, 5.41) is 5.07. The molecule has 5 rings (SSSR count). The average Bonchev–Trinajstić information content (AvgIpc) is 3.08. The van der Waals surface area contributed by atoms with Crippen LogP contribution >= 0.6 is 0 Å². The molecule has 0 radical (unpaired) electrons. The van der Waals surface area contributed by atoms with E-state index in [-0.39, 0.29) is 42.6 Å². The van der Waals surface area contributed by atoms with E-state index in [0.717, 1.165) is 12.8 Å². The Bertz CT molecular complexity index is 1140. The van der Waals surface area contributed by atoms with Gasteiger partial charge in [-0.25, -0.2) is 4.98 Å². The number of hydrogen-bond acceptors (Lipinski definition) is 7. The van der Waals surface area contributed by atoms with Crippen LogP contribution in [0.4, 0.5) is 5.69 Å². The molecule has 1 atom stereocenters. The standard InChI is InChI=1S/C23H23N5O5/c24-13-8-16(9-13)33-15-2-4-18(25-10-15)21(30)26-14-1-3-17-12(7-14)11-28(23(17)32)19-5-6-20(29)27-22(19)31/h1-4,7,10,13,16,19H,5-6,8-9,11,24H2,(H,26,30)(H,27,29,31)/t13-,16+,19?. The lowest BCUT2D eigenvalue weighted by Gasteiger charge is -2.32. The second-order valence-corrected chi connectivity index (χ2v) is 8.58. The van der Waals surface area contributed by atoms with Crippen LogP contribution in [-0.4, -0.2) is 51.7 Å². The Hall–Kier alpha value is -3.79. The van der Waals surface area contributed by atoms with Crippen molar-refractivity contribution in [2.75, 3.05) is 5.32 Å². The van der Waals surface area contributed by atoms with Gasteiger partial charge in [-0.15, -0.1) is 0 Å². The number of fused-ring (bicyclic) bond motifs is 1. The monoisotopic (exact) mass is 449 g/mol. The third-order valence-corrected chi connectivity index (χ3v) is 6.18. The highest BCUT2D eigenvalue weighted by atomic mass is 16.5. The first-order valence-electron chi connectivity index (χ1n) is 10.8. The van der Waals surface area contributed by atoms with Gasteiger partial charge in [0, 0.05) is 30.3 Å². The third kappa shape index (κ3) is 4.17. The summed E-state index contributed by atoms with van der Waals surface area (Å²) in [6.07, 6.45) is 3.72. The largest absolute Gasteiger partial charge is 0.489 e. The summed E-state index contributed by atoms with van der Waals surface area (Å²) >= 11 is 0. The normalized spacial score (nSPS) is 24.1. The van der Waals surface area contributed by atoms with Crippen LogP contribution in [0, 0.1) is 0 Å². The fraction of sp³-hybridized carbons (Fsp3) is 0.348. The number of nitrogens with one attached hydrogen (secondary N) is 2. The van der Waals surface area contributed by atoms with E-state index in [1.54, 1.807) is 30.3 Å². The van der Waals surface area contributed by atoms with Crippen molar-refractivity contribution in [1.82, 2.24) is 15.2 Å². The van der Waals surface area contributed by atoms with Gasteiger partial charge in [0.15, 0.2) is 0 Å². The molecule has 170 valence electrons. The van der Waals surface area contributed by atoms with Crippen molar-refractivity contribution in [2.24, 2.45) is 5.73 Å². The number of aromatic nitrogens is 1. The van der Waals surface area contributed by atoms with Gasteiger partial charge < -0.3 is 20.7 Å². The van der Waals surface area contributed by atoms with Crippen LogP contribution in [0.2, 0.25) is 0 Å². The van der Waals surface area contributed by atoms with Crippen molar-refractivity contribution in [3.8, 4) is 5.75 Å². The number of rotatable bonds is 5. The lowest BCUT2D eigenvalue weighted by Crippen LogP contribution is -2.52. The minimum atomic E-state index is -0.679. The van der Waals surface area contributed by atoms with Gasteiger partial charge in [0.2, 0.25) is 11.8 Å². The lowest BCUT2D eigenvalue weighted by atomic mass is 9.90. The number of carbonyl (C=O) groups excluding carboxylic acids is 4. The molecule has 1 saturated heterocycles. The predicted octanol–water partition coefficient (Wildman–Crippen LogP) is 0.963. The van der Waals surface area contributed by atoms with E-state index in [2.05, 4.69) is 15.6 Å². The van der Waals surface area contributed by atoms with Crippen LogP contribution in [0.1, 0.15) is 52.1 Å². The van der Waals surface area contributed by atoms with Crippen molar-refractivity contribution < 1.29 is 23.9 Å². The van der Waals surface area contributed by atoms with Gasteiger partial charge >= 0.3 is 0 Å². The van der Waals surface area contributed by atoms with Crippen LogP contribution in [0.25, 0.3) is 0 Å². The highest BCUT2D eigenvalue weighted by molar-refractivity contribution is 6.06. The third-order valence-electron chi connectivity index (χ3n) is 6.18. The van der Waals surface area contributed by atoms with Gasteiger partial charge in [-0.3, -0.25) is 24.5 Å². The quantitative estimate of drug-likeness (QED) is 0.577. The molecular weight excluding hydrogens is 426 g/mol. The zero-order chi connectivity index (χ0) is 23.1. The number of anilines is 1. The van der Waals surface area contributed by atoms with Gasteiger partial charge in [0.1, 0.15) is 23.6 Å². The molecular formula is C23H23N5O5. The van der Waals surface area contributed by atoms with Crippen molar-refractivity contribution in [3.05, 3.63) is 53.3 Å². The van der Waals surface area contributed by atoms with Gasteiger partial charge in [0.05, 0.1) is 6.20 Å². The molecule has 0 bridgehead atoms. The van der Waals surface area contributed by atoms with E-state index in [4.69, 9.17) is 10.5 Å². The molecule has 4 N–H and O–H groups in total. The Kier molecular flexibility index (Phi) is 5.29. The van der Waals surface area contributed by atoms with Gasteiger partial charge in [-0.2, -0.15) is 0 Å². The molecule has 4 amide bonds. The van der Waals surface area contributed by atoms with E-state index in [0.29, 0.717) is 29.0 Å². The van der Waals surface area contributed by atoms with Crippen molar-refractivity contribution >= 4 is 29.3 Å². The minimum Gasteiger partial charge on any atom is -0.489 e. The molecule has 2 aromatic rings. The number of ether oxygens (including phenoxy) is 1. The molecule has 1 aromatic heterocycles. The molecule has 10 heteroatoms. The van der Waals surface area contributed by atoms with Crippen LogP contribution < -0.4 is 21.1 Å². The topological polar surface area (TPSA) is 144 Å². The van der Waals surface area contributed by atoms with Gasteiger partial charge in [-0.05, 0) is 55.2 Å². The highest BCUT2D eigenvalue weighted by Crippen LogP contribution is 2.30. The van der Waals surface area contributed by atoms with E-state index in [1.807, 2.05) is 0 Å². The van der Waals surface area contributed by atoms with Crippen LogP contribution in [0.15, 0.2) is 36.5 Å². The number of nitrogens with two attached hydrogens (primary N) is 1. The maximum atomic E-state index is 12.8. The van der Waals surface area contributed by atoms with Crippen molar-refractivity contribution in [1.29, 1.82) is 0 Å². The summed E-state index contributed by atoms with van der Waals surface area (Å²) in [4.78, 5) is 54.6. The number of hydrogen-bond donors (Lipinski definition) is 3. The highest BCUT2D eigenvalue weighted by Gasteiger charge is 2.39. The average molecular weight is 449 g/mol. The molecule has 2 fully saturated rings. The molecule has 0 spiro atoms. The number of nitrogens with zero attached hydrogens (tertiary/aromatic N) is 2.